The summed E-state index contributed by atoms with van der Waals surface area (Å²) in [6, 6.07) is 17.8. The van der Waals surface area contributed by atoms with Crippen LogP contribution in [-0.4, -0.2) is 59.1 Å². The van der Waals surface area contributed by atoms with Crippen molar-refractivity contribution in [2.45, 2.75) is 25.6 Å². The van der Waals surface area contributed by atoms with Gasteiger partial charge < -0.3 is 15.2 Å². The number of carbonyl (C=O) groups is 2. The molecule has 0 aliphatic carbocycles. The van der Waals surface area contributed by atoms with Crippen molar-refractivity contribution >= 4 is 11.8 Å². The molecular formula is C22H26N2O5. The molecule has 7 nitrogen and oxygen atoms in total. The van der Waals surface area contributed by atoms with E-state index in [4.69, 9.17) is 4.74 Å². The number of amides is 2. The third kappa shape index (κ3) is 5.20. The van der Waals surface area contributed by atoms with Gasteiger partial charge in [-0.05, 0) is 17.7 Å². The fourth-order valence-corrected chi connectivity index (χ4v) is 3.43. The number of hydroxylamine groups is 2. The number of nitrogens with one attached hydrogen (secondary N) is 1. The molecule has 0 radical (unpaired) electrons. The number of aliphatic hydroxyl groups is 1. The van der Waals surface area contributed by atoms with Crippen molar-refractivity contribution in [2.24, 2.45) is 5.41 Å². The number of carbonyl (C=O) groups excluding carboxylic acids is 2. The van der Waals surface area contributed by atoms with Crippen LogP contribution in [0.25, 0.3) is 0 Å². The second-order valence-electron chi connectivity index (χ2n) is 7.64. The highest BCUT2D eigenvalue weighted by Gasteiger charge is 2.47. The molecule has 1 fully saturated rings. The van der Waals surface area contributed by atoms with Crippen LogP contribution in [0.1, 0.15) is 22.8 Å². The molecule has 0 aromatic heterocycles. The van der Waals surface area contributed by atoms with Crippen LogP contribution < -0.4 is 5.32 Å². The standard InChI is InChI=1S/C22H26N2O5/c1-22(14-24(28)21(27)17-10-6-3-7-11-17)15-29-18(20(22)26)13-23-19(25)12-16-8-4-2-5-9-16/h2-11,18,20,26,28H,12-15H2,1H3,(H,23,25)/t18-,20-,22-/m1/s1. The number of rotatable bonds is 7. The minimum atomic E-state index is -0.947. The van der Waals surface area contributed by atoms with Gasteiger partial charge in [0.15, 0.2) is 0 Å². The zero-order chi connectivity index (χ0) is 20.9. The van der Waals surface area contributed by atoms with E-state index >= 15 is 0 Å². The number of hydrogen-bond donors (Lipinski definition) is 3. The average Bonchev–Trinajstić information content (AvgIpc) is 3.01. The molecule has 7 heteroatoms. The van der Waals surface area contributed by atoms with Crippen molar-refractivity contribution in [3.63, 3.8) is 0 Å². The van der Waals surface area contributed by atoms with E-state index in [0.717, 1.165) is 5.56 Å². The van der Waals surface area contributed by atoms with Crippen LogP contribution in [0, 0.1) is 5.41 Å². The van der Waals surface area contributed by atoms with E-state index in [1.54, 1.807) is 37.3 Å². The molecular weight excluding hydrogens is 372 g/mol. The maximum Gasteiger partial charge on any atom is 0.277 e. The quantitative estimate of drug-likeness (QED) is 0.487. The largest absolute Gasteiger partial charge is 0.390 e. The fourth-order valence-electron chi connectivity index (χ4n) is 3.43. The van der Waals surface area contributed by atoms with E-state index in [0.29, 0.717) is 10.6 Å². The van der Waals surface area contributed by atoms with Crippen molar-refractivity contribution in [3.05, 3.63) is 71.8 Å². The minimum absolute atomic E-state index is 0.0869. The van der Waals surface area contributed by atoms with Crippen molar-refractivity contribution in [2.75, 3.05) is 19.7 Å². The molecule has 3 N–H and O–H groups in total. The summed E-state index contributed by atoms with van der Waals surface area (Å²) in [5.74, 6) is -0.706. The van der Waals surface area contributed by atoms with E-state index in [-0.39, 0.29) is 32.0 Å². The third-order valence-corrected chi connectivity index (χ3v) is 5.17. The zero-order valence-electron chi connectivity index (χ0n) is 16.3. The smallest absolute Gasteiger partial charge is 0.277 e. The van der Waals surface area contributed by atoms with Gasteiger partial charge in [-0.1, -0.05) is 55.5 Å². The molecule has 2 amide bonds. The van der Waals surface area contributed by atoms with E-state index in [1.807, 2.05) is 30.3 Å². The van der Waals surface area contributed by atoms with Crippen molar-refractivity contribution in [3.8, 4) is 0 Å². The summed E-state index contributed by atoms with van der Waals surface area (Å²) in [5.41, 5.74) is 0.406. The van der Waals surface area contributed by atoms with Crippen LogP contribution in [0.5, 0.6) is 0 Å². The normalized spacial score (nSPS) is 23.6. The van der Waals surface area contributed by atoms with Gasteiger partial charge >= 0.3 is 0 Å². The SMILES string of the molecule is C[C@@]1(CN(O)C(=O)c2ccccc2)CO[C@H](CNC(=O)Cc2ccccc2)[C@H]1O. The Labute approximate surface area is 169 Å². The molecule has 1 saturated heterocycles. The molecule has 154 valence electrons. The summed E-state index contributed by atoms with van der Waals surface area (Å²) < 4.78 is 5.65. The predicted molar refractivity (Wildman–Crippen MR) is 106 cm³/mol. The molecule has 1 aliphatic heterocycles. The lowest BCUT2D eigenvalue weighted by molar-refractivity contribution is -0.121. The first-order valence-corrected chi connectivity index (χ1v) is 9.55. The Morgan fingerprint density at radius 2 is 1.76 bits per heavy atom. The van der Waals surface area contributed by atoms with Gasteiger partial charge in [-0.3, -0.25) is 14.8 Å². The molecule has 2 aromatic carbocycles. The second kappa shape index (κ2) is 9.17. The molecule has 0 unspecified atom stereocenters. The van der Waals surface area contributed by atoms with E-state index in [2.05, 4.69) is 5.32 Å². The molecule has 0 bridgehead atoms. The second-order valence-corrected chi connectivity index (χ2v) is 7.64. The average molecular weight is 398 g/mol. The summed E-state index contributed by atoms with van der Waals surface area (Å²) in [6.07, 6.45) is -1.31. The fraction of sp³-hybridized carbons (Fsp3) is 0.364. The zero-order valence-corrected chi connectivity index (χ0v) is 16.3. The van der Waals surface area contributed by atoms with Crippen LogP contribution in [0.3, 0.4) is 0 Å². The minimum Gasteiger partial charge on any atom is -0.390 e. The van der Waals surface area contributed by atoms with Crippen molar-refractivity contribution in [1.29, 1.82) is 0 Å². The van der Waals surface area contributed by atoms with Crippen molar-refractivity contribution < 1.29 is 24.6 Å². The lowest BCUT2D eigenvalue weighted by Gasteiger charge is -2.31. The Morgan fingerprint density at radius 3 is 2.41 bits per heavy atom. The summed E-state index contributed by atoms with van der Waals surface area (Å²) in [6.45, 7) is 1.97. The van der Waals surface area contributed by atoms with E-state index in [1.165, 1.54) is 0 Å². The van der Waals surface area contributed by atoms with E-state index < -0.39 is 23.5 Å². The Balaban J connectivity index is 1.52. The number of nitrogens with zero attached hydrogens (tertiary/aromatic N) is 1. The summed E-state index contributed by atoms with van der Waals surface area (Å²) in [5, 5.41) is 24.3. The first-order chi connectivity index (χ1) is 13.9. The lowest BCUT2D eigenvalue weighted by Crippen LogP contribution is -2.47. The summed E-state index contributed by atoms with van der Waals surface area (Å²) in [7, 11) is 0. The van der Waals surface area contributed by atoms with Crippen LogP contribution >= 0.6 is 0 Å². The highest BCUT2D eigenvalue weighted by Crippen LogP contribution is 2.33. The number of aliphatic hydroxyl groups excluding tert-OH is 1. The molecule has 1 aliphatic rings. The summed E-state index contributed by atoms with van der Waals surface area (Å²) >= 11 is 0. The van der Waals surface area contributed by atoms with Crippen LogP contribution in [-0.2, 0) is 16.0 Å². The Kier molecular flexibility index (Phi) is 6.64. The highest BCUT2D eigenvalue weighted by molar-refractivity contribution is 5.93. The Morgan fingerprint density at radius 1 is 1.14 bits per heavy atom. The van der Waals surface area contributed by atoms with Gasteiger partial charge in [0.05, 0.1) is 25.7 Å². The van der Waals surface area contributed by atoms with Gasteiger partial charge in [-0.15, -0.1) is 0 Å². The summed E-state index contributed by atoms with van der Waals surface area (Å²) in [4.78, 5) is 24.5. The first kappa shape index (κ1) is 21.0. The molecule has 1 heterocycles. The molecule has 0 spiro atoms. The van der Waals surface area contributed by atoms with Gasteiger partial charge in [-0.2, -0.15) is 0 Å². The first-order valence-electron chi connectivity index (χ1n) is 9.55. The maximum atomic E-state index is 12.3. The number of benzene rings is 2. The van der Waals surface area contributed by atoms with Gasteiger partial charge in [0.1, 0.15) is 6.10 Å². The molecule has 2 aromatic rings. The highest BCUT2D eigenvalue weighted by atomic mass is 16.5. The van der Waals surface area contributed by atoms with Crippen molar-refractivity contribution in [1.82, 2.24) is 10.4 Å². The number of hydrogen-bond acceptors (Lipinski definition) is 5. The van der Waals surface area contributed by atoms with Crippen LogP contribution in [0.4, 0.5) is 0 Å². The molecule has 0 saturated carbocycles. The molecule has 3 rings (SSSR count). The van der Waals surface area contributed by atoms with Crippen LogP contribution in [0.15, 0.2) is 60.7 Å². The number of ether oxygens (including phenoxy) is 1. The molecule has 3 atom stereocenters. The lowest BCUT2D eigenvalue weighted by atomic mass is 9.84. The predicted octanol–water partition coefficient (Wildman–Crippen LogP) is 1.64. The van der Waals surface area contributed by atoms with Gasteiger partial charge in [0, 0.05) is 17.5 Å². The Bertz CT molecular complexity index is 830. The van der Waals surface area contributed by atoms with Crippen LogP contribution in [0.2, 0.25) is 0 Å². The van der Waals surface area contributed by atoms with Gasteiger partial charge in [-0.25, -0.2) is 5.06 Å². The topological polar surface area (TPSA) is 99.1 Å². The molecule has 29 heavy (non-hydrogen) atoms. The van der Waals surface area contributed by atoms with E-state index in [9.17, 15) is 19.9 Å². The monoisotopic (exact) mass is 398 g/mol. The van der Waals surface area contributed by atoms with Gasteiger partial charge in [0.2, 0.25) is 5.91 Å². The van der Waals surface area contributed by atoms with Gasteiger partial charge in [0.25, 0.3) is 5.91 Å². The maximum absolute atomic E-state index is 12.3. The Hall–Kier alpha value is -2.74. The third-order valence-electron chi connectivity index (χ3n) is 5.17.